The summed E-state index contributed by atoms with van der Waals surface area (Å²) < 4.78 is 54.9. The third-order valence-corrected chi connectivity index (χ3v) is 5.30. The fourth-order valence-electron chi connectivity index (χ4n) is 3.51. The Morgan fingerprint density at radius 2 is 1.51 bits per heavy atom. The van der Waals surface area contributed by atoms with Gasteiger partial charge in [-0.3, -0.25) is 24.1 Å². The van der Waals surface area contributed by atoms with Crippen LogP contribution in [-0.4, -0.2) is 35.6 Å². The molecular weight excluding hydrogens is 470 g/mol. The van der Waals surface area contributed by atoms with Crippen LogP contribution >= 0.6 is 0 Å². The largest absolute Gasteiger partial charge is 0.418 e. The highest BCUT2D eigenvalue weighted by atomic mass is 19.4. The van der Waals surface area contributed by atoms with Crippen LogP contribution in [0, 0.1) is 5.82 Å². The maximum absolute atomic E-state index is 13.8. The average molecular weight is 485 g/mol. The van der Waals surface area contributed by atoms with Gasteiger partial charge < -0.3 is 10.6 Å². The predicted octanol–water partition coefficient (Wildman–Crippen LogP) is 4.57. The lowest BCUT2D eigenvalue weighted by Crippen LogP contribution is -2.24. The second-order valence-corrected chi connectivity index (χ2v) is 7.58. The van der Waals surface area contributed by atoms with Crippen molar-refractivity contribution in [2.75, 3.05) is 17.7 Å². The second-order valence-electron chi connectivity index (χ2n) is 7.58. The summed E-state index contributed by atoms with van der Waals surface area (Å²) in [5.74, 6) is -3.92. The first-order chi connectivity index (χ1) is 16.5. The van der Waals surface area contributed by atoms with Gasteiger partial charge in [0, 0.05) is 18.3 Å². The first kappa shape index (κ1) is 23.6. The van der Waals surface area contributed by atoms with Gasteiger partial charge in [-0.25, -0.2) is 4.39 Å². The number of imide groups is 1. The summed E-state index contributed by atoms with van der Waals surface area (Å²) in [6, 6.07) is 11.2. The van der Waals surface area contributed by atoms with Gasteiger partial charge in [0.25, 0.3) is 23.6 Å². The molecule has 0 spiro atoms. The highest BCUT2D eigenvalue weighted by molar-refractivity contribution is 6.22. The van der Waals surface area contributed by atoms with Gasteiger partial charge >= 0.3 is 6.18 Å². The lowest BCUT2D eigenvalue weighted by atomic mass is 10.0. The van der Waals surface area contributed by atoms with Crippen molar-refractivity contribution in [3.63, 3.8) is 0 Å². The molecule has 0 aromatic heterocycles. The van der Waals surface area contributed by atoms with E-state index in [4.69, 9.17) is 0 Å². The van der Waals surface area contributed by atoms with Crippen LogP contribution in [0.5, 0.6) is 0 Å². The summed E-state index contributed by atoms with van der Waals surface area (Å²) in [5.41, 5.74) is -2.57. The molecule has 1 heterocycles. The van der Waals surface area contributed by atoms with Gasteiger partial charge in [-0.05, 0) is 48.5 Å². The molecule has 4 rings (SSSR count). The number of halogens is 4. The number of hydrogen-bond acceptors (Lipinski definition) is 4. The van der Waals surface area contributed by atoms with E-state index >= 15 is 0 Å². The number of fused-ring (bicyclic) bond motifs is 1. The Morgan fingerprint density at radius 3 is 2.20 bits per heavy atom. The molecule has 0 radical (unpaired) electrons. The molecule has 0 saturated carbocycles. The third kappa shape index (κ3) is 4.47. The van der Waals surface area contributed by atoms with Crippen LogP contribution in [0.1, 0.15) is 47.0 Å². The maximum Gasteiger partial charge on any atom is 0.418 e. The van der Waals surface area contributed by atoms with Gasteiger partial charge in [0.2, 0.25) is 0 Å². The molecule has 2 N–H and O–H groups in total. The van der Waals surface area contributed by atoms with Crippen LogP contribution in [-0.2, 0) is 6.18 Å². The zero-order chi connectivity index (χ0) is 25.5. The molecule has 3 aromatic carbocycles. The molecule has 1 aliphatic rings. The number of anilines is 2. The molecule has 1 aliphatic heterocycles. The molecule has 0 atom stereocenters. The fraction of sp³-hybridized carbons (Fsp3) is 0.0833. The Morgan fingerprint density at radius 1 is 0.829 bits per heavy atom. The van der Waals surface area contributed by atoms with Crippen LogP contribution in [0.25, 0.3) is 0 Å². The van der Waals surface area contributed by atoms with E-state index in [-0.39, 0.29) is 27.9 Å². The Labute approximate surface area is 195 Å². The molecule has 0 bridgehead atoms. The minimum absolute atomic E-state index is 0.0348. The van der Waals surface area contributed by atoms with E-state index in [0.29, 0.717) is 6.07 Å². The van der Waals surface area contributed by atoms with E-state index in [9.17, 15) is 36.7 Å². The van der Waals surface area contributed by atoms with Crippen molar-refractivity contribution in [2.45, 2.75) is 6.18 Å². The molecule has 4 amide bonds. The van der Waals surface area contributed by atoms with Crippen LogP contribution in [0.3, 0.4) is 0 Å². The van der Waals surface area contributed by atoms with E-state index in [1.54, 1.807) is 0 Å². The molecule has 0 aliphatic carbocycles. The average Bonchev–Trinajstić information content (AvgIpc) is 3.03. The number of nitrogens with one attached hydrogen (secondary N) is 2. The lowest BCUT2D eigenvalue weighted by Gasteiger charge is -2.16. The van der Waals surface area contributed by atoms with E-state index in [2.05, 4.69) is 10.6 Å². The van der Waals surface area contributed by atoms with Gasteiger partial charge in [0.15, 0.2) is 0 Å². The zero-order valence-corrected chi connectivity index (χ0v) is 17.9. The van der Waals surface area contributed by atoms with Crippen molar-refractivity contribution in [3.05, 3.63) is 94.3 Å². The topological polar surface area (TPSA) is 95.6 Å². The molecule has 7 nitrogen and oxygen atoms in total. The van der Waals surface area contributed by atoms with Gasteiger partial charge in [-0.1, -0.05) is 12.1 Å². The number of amides is 4. The van der Waals surface area contributed by atoms with Crippen LogP contribution in [0.15, 0.2) is 60.7 Å². The van der Waals surface area contributed by atoms with Crippen molar-refractivity contribution in [2.24, 2.45) is 0 Å². The van der Waals surface area contributed by atoms with Gasteiger partial charge in [0.1, 0.15) is 5.82 Å². The van der Waals surface area contributed by atoms with Crippen molar-refractivity contribution >= 4 is 35.0 Å². The number of alkyl halides is 3. The Kier molecular flexibility index (Phi) is 5.85. The van der Waals surface area contributed by atoms with E-state index < -0.39 is 46.9 Å². The molecule has 0 fully saturated rings. The molecule has 35 heavy (non-hydrogen) atoms. The Hall–Kier alpha value is -4.54. The minimum atomic E-state index is -4.91. The number of rotatable bonds is 4. The Bertz CT molecular complexity index is 1400. The number of carbonyl (C=O) groups excluding carboxylic acids is 4. The summed E-state index contributed by atoms with van der Waals surface area (Å²) in [6.07, 6.45) is -4.91. The summed E-state index contributed by atoms with van der Waals surface area (Å²) in [7, 11) is 1.27. The summed E-state index contributed by atoms with van der Waals surface area (Å²) >= 11 is 0. The highest BCUT2D eigenvalue weighted by Gasteiger charge is 2.36. The SMILES string of the molecule is CN1C(=O)c2ccc(C(=O)Nc3ccc(NC(=O)c4ccccc4F)cc3C(F)(F)F)cc2C1=O. The molecular formula is C24H15F4N3O4. The maximum atomic E-state index is 13.8. The minimum Gasteiger partial charge on any atom is -0.322 e. The summed E-state index contributed by atoms with van der Waals surface area (Å²) in [5, 5.41) is 4.34. The Balaban J connectivity index is 1.60. The zero-order valence-electron chi connectivity index (χ0n) is 17.9. The first-order valence-corrected chi connectivity index (χ1v) is 10.0. The molecule has 0 unspecified atom stereocenters. The van der Waals surface area contributed by atoms with Crippen LogP contribution < -0.4 is 10.6 Å². The van der Waals surface area contributed by atoms with Crippen LogP contribution in [0.4, 0.5) is 28.9 Å². The number of nitrogens with zero attached hydrogens (tertiary/aromatic N) is 1. The summed E-state index contributed by atoms with van der Waals surface area (Å²) in [4.78, 5) is 49.9. The lowest BCUT2D eigenvalue weighted by molar-refractivity contribution is -0.136. The van der Waals surface area contributed by atoms with Crippen molar-refractivity contribution in [1.82, 2.24) is 4.90 Å². The summed E-state index contributed by atoms with van der Waals surface area (Å²) in [6.45, 7) is 0. The standard InChI is InChI=1S/C24H15F4N3O4/c1-31-22(34)14-8-6-12(10-16(14)23(31)35)20(32)30-19-9-7-13(11-17(19)24(26,27)28)29-21(33)15-4-2-3-5-18(15)25/h2-11H,1H3,(H,29,33)(H,30,32). The second kappa shape index (κ2) is 8.67. The van der Waals surface area contributed by atoms with Crippen molar-refractivity contribution in [3.8, 4) is 0 Å². The number of hydrogen-bond donors (Lipinski definition) is 2. The quantitative estimate of drug-likeness (QED) is 0.418. The predicted molar refractivity (Wildman–Crippen MR) is 117 cm³/mol. The number of benzene rings is 3. The van der Waals surface area contributed by atoms with E-state index in [1.807, 2.05) is 0 Å². The van der Waals surface area contributed by atoms with Gasteiger partial charge in [-0.15, -0.1) is 0 Å². The van der Waals surface area contributed by atoms with Crippen LogP contribution in [0.2, 0.25) is 0 Å². The third-order valence-electron chi connectivity index (χ3n) is 5.30. The monoisotopic (exact) mass is 485 g/mol. The van der Waals surface area contributed by atoms with Gasteiger partial charge in [-0.2, -0.15) is 13.2 Å². The van der Waals surface area contributed by atoms with E-state index in [1.165, 1.54) is 37.4 Å². The van der Waals surface area contributed by atoms with Crippen molar-refractivity contribution < 1.29 is 36.7 Å². The molecule has 11 heteroatoms. The molecule has 178 valence electrons. The first-order valence-electron chi connectivity index (χ1n) is 10.0. The fourth-order valence-corrected chi connectivity index (χ4v) is 3.51. The molecule has 3 aromatic rings. The highest BCUT2D eigenvalue weighted by Crippen LogP contribution is 2.37. The van der Waals surface area contributed by atoms with Crippen molar-refractivity contribution in [1.29, 1.82) is 0 Å². The number of carbonyl (C=O) groups is 4. The van der Waals surface area contributed by atoms with E-state index in [0.717, 1.165) is 29.2 Å². The van der Waals surface area contributed by atoms with Gasteiger partial charge in [0.05, 0.1) is 27.9 Å². The molecule has 0 saturated heterocycles. The smallest absolute Gasteiger partial charge is 0.322 e. The normalized spacial score (nSPS) is 13.0.